The Morgan fingerprint density at radius 2 is 2.08 bits per heavy atom. The number of thioether (sulfide) groups is 1. The summed E-state index contributed by atoms with van der Waals surface area (Å²) >= 11 is 3.02. The summed E-state index contributed by atoms with van der Waals surface area (Å²) in [6, 6.07) is 7.95. The zero-order valence-electron chi connectivity index (χ0n) is 14.8. The number of ether oxygens (including phenoxy) is 1. The molecule has 2 heterocycles. The van der Waals surface area contributed by atoms with Gasteiger partial charge in [0.1, 0.15) is 0 Å². The molecular formula is C18H19N3O3S2. The van der Waals surface area contributed by atoms with E-state index in [-0.39, 0.29) is 17.6 Å². The van der Waals surface area contributed by atoms with E-state index in [1.54, 1.807) is 6.92 Å². The maximum Gasteiger partial charge on any atom is 0.311 e. The van der Waals surface area contributed by atoms with E-state index in [0.29, 0.717) is 24.1 Å². The largest absolute Gasteiger partial charge is 0.466 e. The molecule has 0 amide bonds. The van der Waals surface area contributed by atoms with Crippen LogP contribution in [0.25, 0.3) is 11.5 Å². The van der Waals surface area contributed by atoms with Crippen molar-refractivity contribution in [1.82, 2.24) is 15.2 Å². The minimum absolute atomic E-state index is 0.0386. The molecule has 0 N–H and O–H groups in total. The number of esters is 1. The van der Waals surface area contributed by atoms with E-state index in [9.17, 15) is 4.79 Å². The van der Waals surface area contributed by atoms with Gasteiger partial charge in [-0.2, -0.15) is 0 Å². The Hall–Kier alpha value is -2.19. The van der Waals surface area contributed by atoms with Crippen LogP contribution in [-0.2, 0) is 16.0 Å². The highest BCUT2D eigenvalue weighted by Gasteiger charge is 2.18. The van der Waals surface area contributed by atoms with Crippen LogP contribution in [0.1, 0.15) is 36.2 Å². The fourth-order valence-electron chi connectivity index (χ4n) is 2.20. The van der Waals surface area contributed by atoms with Crippen molar-refractivity contribution in [3.8, 4) is 11.5 Å². The Labute approximate surface area is 160 Å². The summed E-state index contributed by atoms with van der Waals surface area (Å²) in [5.74, 6) is 0.796. The minimum atomic E-state index is -0.262. The van der Waals surface area contributed by atoms with E-state index in [1.807, 2.05) is 43.5 Å². The van der Waals surface area contributed by atoms with Crippen molar-refractivity contribution in [2.24, 2.45) is 0 Å². The van der Waals surface area contributed by atoms with Gasteiger partial charge in [0.05, 0.1) is 24.0 Å². The lowest BCUT2D eigenvalue weighted by Crippen LogP contribution is -2.07. The van der Waals surface area contributed by atoms with Crippen LogP contribution in [0, 0.1) is 6.92 Å². The van der Waals surface area contributed by atoms with E-state index < -0.39 is 0 Å². The summed E-state index contributed by atoms with van der Waals surface area (Å²) in [7, 11) is 0. The number of aryl methyl sites for hydroxylation is 1. The molecule has 3 rings (SSSR count). The van der Waals surface area contributed by atoms with E-state index in [2.05, 4.69) is 15.2 Å². The first-order chi connectivity index (χ1) is 12.5. The van der Waals surface area contributed by atoms with Crippen LogP contribution in [0.4, 0.5) is 0 Å². The Balaban J connectivity index is 1.63. The maximum absolute atomic E-state index is 11.5. The molecule has 0 saturated carbocycles. The van der Waals surface area contributed by atoms with Crippen molar-refractivity contribution in [2.75, 3.05) is 6.61 Å². The first-order valence-electron chi connectivity index (χ1n) is 8.22. The number of rotatable bonds is 7. The lowest BCUT2D eigenvalue weighted by atomic mass is 10.1. The number of carbonyl (C=O) groups excluding carboxylic acids is 1. The standard InChI is InChI=1S/C18H19N3O3S2/c1-4-23-15(22)9-14-10-25-18(19-14)26-12(3)16-20-21-17(24-16)13-7-5-11(2)6-8-13/h5-8,10,12H,4,9H2,1-3H3/t12-/m1/s1. The highest BCUT2D eigenvalue weighted by molar-refractivity contribution is 8.01. The molecular weight excluding hydrogens is 370 g/mol. The predicted octanol–water partition coefficient (Wildman–Crippen LogP) is 4.46. The zero-order valence-corrected chi connectivity index (χ0v) is 16.4. The summed E-state index contributed by atoms with van der Waals surface area (Å²) in [4.78, 5) is 16.0. The van der Waals surface area contributed by atoms with Crippen molar-refractivity contribution < 1.29 is 13.9 Å². The number of aromatic nitrogens is 3. The lowest BCUT2D eigenvalue weighted by Gasteiger charge is -2.03. The molecule has 8 heteroatoms. The van der Waals surface area contributed by atoms with E-state index >= 15 is 0 Å². The molecule has 0 aliphatic heterocycles. The van der Waals surface area contributed by atoms with Gasteiger partial charge in [-0.25, -0.2) is 4.98 Å². The molecule has 0 saturated heterocycles. The van der Waals surface area contributed by atoms with Crippen LogP contribution in [0.3, 0.4) is 0 Å². The number of hydrogen-bond donors (Lipinski definition) is 0. The van der Waals surface area contributed by atoms with Gasteiger partial charge in [-0.3, -0.25) is 4.79 Å². The van der Waals surface area contributed by atoms with Crippen molar-refractivity contribution in [3.05, 3.63) is 46.8 Å². The molecule has 0 radical (unpaired) electrons. The second kappa shape index (κ2) is 8.46. The molecule has 1 atom stereocenters. The van der Waals surface area contributed by atoms with Gasteiger partial charge < -0.3 is 9.15 Å². The molecule has 26 heavy (non-hydrogen) atoms. The fraction of sp³-hybridized carbons (Fsp3) is 0.333. The van der Waals surface area contributed by atoms with Gasteiger partial charge in [0, 0.05) is 10.9 Å². The SMILES string of the molecule is CCOC(=O)Cc1csc(S[C@H](C)c2nnc(-c3ccc(C)cc3)o2)n1. The highest BCUT2D eigenvalue weighted by Crippen LogP contribution is 2.36. The number of carbonyl (C=O) groups is 1. The average Bonchev–Trinajstić information content (AvgIpc) is 3.25. The third-order valence-corrected chi connectivity index (χ3v) is 5.63. The molecule has 0 fully saturated rings. The van der Waals surface area contributed by atoms with Crippen LogP contribution in [-0.4, -0.2) is 27.8 Å². The second-order valence-electron chi connectivity index (χ2n) is 5.66. The van der Waals surface area contributed by atoms with Crippen LogP contribution < -0.4 is 0 Å². The fourth-order valence-corrected chi connectivity index (χ4v) is 4.21. The first-order valence-corrected chi connectivity index (χ1v) is 9.98. The van der Waals surface area contributed by atoms with Crippen molar-refractivity contribution in [2.45, 2.75) is 36.8 Å². The zero-order chi connectivity index (χ0) is 18.5. The van der Waals surface area contributed by atoms with Gasteiger partial charge in [-0.05, 0) is 32.9 Å². The van der Waals surface area contributed by atoms with E-state index in [4.69, 9.17) is 9.15 Å². The molecule has 136 valence electrons. The Morgan fingerprint density at radius 3 is 2.81 bits per heavy atom. The normalized spacial score (nSPS) is 12.1. The summed E-state index contributed by atoms with van der Waals surface area (Å²) in [5.41, 5.74) is 2.80. The molecule has 0 unspecified atom stereocenters. The maximum atomic E-state index is 11.5. The van der Waals surface area contributed by atoms with Gasteiger partial charge in [0.25, 0.3) is 0 Å². The van der Waals surface area contributed by atoms with Crippen molar-refractivity contribution in [3.63, 3.8) is 0 Å². The third kappa shape index (κ3) is 4.70. The molecule has 0 spiro atoms. The van der Waals surface area contributed by atoms with Gasteiger partial charge in [-0.15, -0.1) is 21.5 Å². The lowest BCUT2D eigenvalue weighted by molar-refractivity contribution is -0.142. The van der Waals surface area contributed by atoms with Gasteiger partial charge in [0.2, 0.25) is 11.8 Å². The molecule has 0 bridgehead atoms. The Morgan fingerprint density at radius 1 is 1.31 bits per heavy atom. The van der Waals surface area contributed by atoms with Crippen molar-refractivity contribution >= 4 is 29.1 Å². The number of thiazole rings is 1. The average molecular weight is 390 g/mol. The minimum Gasteiger partial charge on any atom is -0.466 e. The molecule has 0 aliphatic rings. The molecule has 1 aromatic carbocycles. The summed E-state index contributed by atoms with van der Waals surface area (Å²) in [5, 5.41) is 10.1. The second-order valence-corrected chi connectivity index (χ2v) is 8.10. The topological polar surface area (TPSA) is 78.1 Å². The van der Waals surface area contributed by atoms with Crippen LogP contribution >= 0.6 is 23.1 Å². The third-order valence-electron chi connectivity index (χ3n) is 3.53. The first kappa shape index (κ1) is 18.6. The molecule has 0 aliphatic carbocycles. The number of nitrogens with zero attached hydrogens (tertiary/aromatic N) is 3. The monoisotopic (exact) mass is 389 g/mol. The summed E-state index contributed by atoms with van der Waals surface area (Å²) in [6.45, 7) is 6.19. The van der Waals surface area contributed by atoms with Gasteiger partial charge >= 0.3 is 5.97 Å². The highest BCUT2D eigenvalue weighted by atomic mass is 32.2. The number of hydrogen-bond acceptors (Lipinski definition) is 8. The van der Waals surface area contributed by atoms with Crippen molar-refractivity contribution in [1.29, 1.82) is 0 Å². The van der Waals surface area contributed by atoms with Gasteiger partial charge in [-0.1, -0.05) is 29.5 Å². The van der Waals surface area contributed by atoms with E-state index in [1.165, 1.54) is 28.7 Å². The van der Waals surface area contributed by atoms with Crippen LogP contribution in [0.2, 0.25) is 0 Å². The predicted molar refractivity (Wildman–Crippen MR) is 101 cm³/mol. The Bertz CT molecular complexity index is 874. The van der Waals surface area contributed by atoms with Crippen LogP contribution in [0.15, 0.2) is 38.4 Å². The number of benzene rings is 1. The molecule has 6 nitrogen and oxygen atoms in total. The van der Waals surface area contributed by atoms with Gasteiger partial charge in [0.15, 0.2) is 4.34 Å². The van der Waals surface area contributed by atoms with E-state index in [0.717, 1.165) is 9.90 Å². The smallest absolute Gasteiger partial charge is 0.311 e. The van der Waals surface area contributed by atoms with Crippen LogP contribution in [0.5, 0.6) is 0 Å². The summed E-state index contributed by atoms with van der Waals surface area (Å²) in [6.07, 6.45) is 0.192. The Kier molecular flexibility index (Phi) is 6.05. The summed E-state index contributed by atoms with van der Waals surface area (Å²) < 4.78 is 11.6. The molecule has 2 aromatic heterocycles. The quantitative estimate of drug-likeness (QED) is 0.436. The molecule has 3 aromatic rings.